The van der Waals surface area contributed by atoms with Gasteiger partial charge in [-0.2, -0.15) is 0 Å². The van der Waals surface area contributed by atoms with Crippen LogP contribution in [0.1, 0.15) is 26.5 Å². The number of nitrogens with zero attached hydrogens (tertiary/aromatic N) is 3. The van der Waals surface area contributed by atoms with Gasteiger partial charge >= 0.3 is 5.97 Å². The highest BCUT2D eigenvalue weighted by Crippen LogP contribution is 2.23. The van der Waals surface area contributed by atoms with E-state index in [9.17, 15) is 4.79 Å². The molecule has 1 rings (SSSR count). The number of azide groups is 1. The molecule has 0 aliphatic rings. The third-order valence-corrected chi connectivity index (χ3v) is 3.09. The molecule has 0 aliphatic heterocycles. The Morgan fingerprint density at radius 3 is 3.06 bits per heavy atom. The first-order valence-electron chi connectivity index (χ1n) is 4.66. The number of hydrogen-bond donors (Lipinski definition) is 1. The highest BCUT2D eigenvalue weighted by Gasteiger charge is 2.08. The third kappa shape index (κ3) is 3.42. The van der Waals surface area contributed by atoms with Crippen molar-refractivity contribution in [2.75, 3.05) is 6.54 Å². The summed E-state index contributed by atoms with van der Waals surface area (Å²) in [7, 11) is 0. The molecule has 5 nitrogen and oxygen atoms in total. The molecule has 1 aromatic heterocycles. The third-order valence-electron chi connectivity index (χ3n) is 1.90. The molecule has 0 fully saturated rings. The first-order valence-corrected chi connectivity index (χ1v) is 5.48. The summed E-state index contributed by atoms with van der Waals surface area (Å²) in [5, 5.41) is 12.2. The Morgan fingerprint density at radius 1 is 1.75 bits per heavy atom. The van der Waals surface area contributed by atoms with E-state index in [1.54, 1.807) is 6.07 Å². The fourth-order valence-electron chi connectivity index (χ4n) is 1.13. The Balaban J connectivity index is 2.66. The molecule has 84 valence electrons. The molecule has 0 aromatic carbocycles. The average molecular weight is 237 g/mol. The molecule has 0 aliphatic carbocycles. The lowest BCUT2D eigenvalue weighted by Crippen LogP contribution is -1.89. The summed E-state index contributed by atoms with van der Waals surface area (Å²) >= 11 is 1.24. The second-order valence-electron chi connectivity index (χ2n) is 3.11. The van der Waals surface area contributed by atoms with Crippen LogP contribution in [0.2, 0.25) is 0 Å². The predicted octanol–water partition coefficient (Wildman–Crippen LogP) is 3.47. The smallest absolute Gasteiger partial charge is 0.345 e. The van der Waals surface area contributed by atoms with Crippen molar-refractivity contribution >= 4 is 23.4 Å². The van der Waals surface area contributed by atoms with Crippen molar-refractivity contribution in [2.24, 2.45) is 5.11 Å². The van der Waals surface area contributed by atoms with Crippen molar-refractivity contribution < 1.29 is 9.90 Å². The van der Waals surface area contributed by atoms with Crippen molar-refractivity contribution in [3.8, 4) is 0 Å². The Hall–Kier alpha value is -1.78. The normalized spacial score (nSPS) is 10.3. The van der Waals surface area contributed by atoms with Gasteiger partial charge in [-0.1, -0.05) is 11.2 Å². The van der Waals surface area contributed by atoms with Crippen LogP contribution in [0.25, 0.3) is 16.5 Å². The van der Waals surface area contributed by atoms with E-state index in [4.69, 9.17) is 10.6 Å². The number of carboxylic acid groups (broad SMARTS) is 1. The summed E-state index contributed by atoms with van der Waals surface area (Å²) in [6, 6.07) is 1.65. The number of rotatable bonds is 5. The van der Waals surface area contributed by atoms with Crippen LogP contribution in [0.4, 0.5) is 0 Å². The topological polar surface area (TPSA) is 86.1 Å². The van der Waals surface area contributed by atoms with Gasteiger partial charge in [0.2, 0.25) is 0 Å². The predicted molar refractivity (Wildman–Crippen MR) is 63.7 cm³/mol. The van der Waals surface area contributed by atoms with E-state index in [2.05, 4.69) is 10.0 Å². The minimum atomic E-state index is -0.901. The molecule has 1 aromatic rings. The molecule has 6 heteroatoms. The lowest BCUT2D eigenvalue weighted by atomic mass is 10.2. The minimum absolute atomic E-state index is 0.340. The van der Waals surface area contributed by atoms with E-state index in [0.29, 0.717) is 17.8 Å². The molecule has 0 bridgehead atoms. The lowest BCUT2D eigenvalue weighted by Gasteiger charge is -1.88. The second-order valence-corrected chi connectivity index (χ2v) is 4.19. The molecule has 0 atom stereocenters. The number of aromatic carboxylic acids is 1. The monoisotopic (exact) mass is 237 g/mol. The van der Waals surface area contributed by atoms with Crippen molar-refractivity contribution in [1.29, 1.82) is 0 Å². The highest BCUT2D eigenvalue weighted by molar-refractivity contribution is 7.15. The average Bonchev–Trinajstić information content (AvgIpc) is 2.60. The van der Waals surface area contributed by atoms with Gasteiger partial charge in [-0.05, 0) is 36.6 Å². The van der Waals surface area contributed by atoms with Gasteiger partial charge in [-0.25, -0.2) is 4.79 Å². The number of carbonyl (C=O) groups is 1. The van der Waals surface area contributed by atoms with Gasteiger partial charge in [0.1, 0.15) is 4.88 Å². The summed E-state index contributed by atoms with van der Waals surface area (Å²) in [6.07, 6.45) is 4.39. The largest absolute Gasteiger partial charge is 0.477 e. The molecule has 1 heterocycles. The summed E-state index contributed by atoms with van der Waals surface area (Å²) in [5.41, 5.74) is 9.01. The van der Waals surface area contributed by atoms with Crippen LogP contribution in [0.5, 0.6) is 0 Å². The molecule has 16 heavy (non-hydrogen) atoms. The highest BCUT2D eigenvalue weighted by atomic mass is 32.1. The zero-order valence-corrected chi connectivity index (χ0v) is 9.57. The number of thiophene rings is 1. The Morgan fingerprint density at radius 2 is 2.50 bits per heavy atom. The van der Waals surface area contributed by atoms with Crippen molar-refractivity contribution in [3.05, 3.63) is 37.9 Å². The van der Waals surface area contributed by atoms with Crippen LogP contribution in [0.3, 0.4) is 0 Å². The van der Waals surface area contributed by atoms with Gasteiger partial charge in [0, 0.05) is 16.3 Å². The Labute approximate surface area is 96.7 Å². The molecule has 0 spiro atoms. The fourth-order valence-corrected chi connectivity index (χ4v) is 2.08. The first-order chi connectivity index (χ1) is 7.65. The summed E-state index contributed by atoms with van der Waals surface area (Å²) < 4.78 is 0. The molecule has 1 N–H and O–H groups in total. The van der Waals surface area contributed by atoms with E-state index in [1.807, 2.05) is 19.1 Å². The molecular weight excluding hydrogens is 226 g/mol. The SMILES string of the molecule is Cc1cc(C(=O)O)sc1C=CCCN=[N+]=[N-]. The standard InChI is InChI=1S/C10H11N3O2S/c1-7-6-9(10(14)15)16-8(7)4-2-3-5-12-13-11/h2,4,6H,3,5H2,1H3,(H,14,15). The first kappa shape index (κ1) is 12.3. The molecule has 0 unspecified atom stereocenters. The molecule has 0 radical (unpaired) electrons. The van der Waals surface area contributed by atoms with Gasteiger partial charge in [-0.15, -0.1) is 11.3 Å². The maximum absolute atomic E-state index is 10.7. The van der Waals surface area contributed by atoms with Crippen LogP contribution in [-0.4, -0.2) is 17.6 Å². The van der Waals surface area contributed by atoms with Crippen LogP contribution in [0, 0.1) is 6.92 Å². The minimum Gasteiger partial charge on any atom is -0.477 e. The number of hydrogen-bond acceptors (Lipinski definition) is 3. The van der Waals surface area contributed by atoms with Crippen LogP contribution in [-0.2, 0) is 0 Å². The maximum Gasteiger partial charge on any atom is 0.345 e. The Kier molecular flexibility index (Phi) is 4.57. The van der Waals surface area contributed by atoms with Gasteiger partial charge in [-0.3, -0.25) is 0 Å². The van der Waals surface area contributed by atoms with Crippen molar-refractivity contribution in [2.45, 2.75) is 13.3 Å². The summed E-state index contributed by atoms with van der Waals surface area (Å²) in [6.45, 7) is 2.29. The van der Waals surface area contributed by atoms with Crippen LogP contribution >= 0.6 is 11.3 Å². The van der Waals surface area contributed by atoms with Crippen molar-refractivity contribution in [3.63, 3.8) is 0 Å². The molecule has 0 saturated carbocycles. The fraction of sp³-hybridized carbons (Fsp3) is 0.300. The van der Waals surface area contributed by atoms with E-state index < -0.39 is 5.97 Å². The van der Waals surface area contributed by atoms with Gasteiger partial charge < -0.3 is 5.11 Å². The summed E-state index contributed by atoms with van der Waals surface area (Å²) in [5.74, 6) is -0.901. The van der Waals surface area contributed by atoms with E-state index in [-0.39, 0.29) is 0 Å². The quantitative estimate of drug-likeness (QED) is 0.368. The lowest BCUT2D eigenvalue weighted by molar-refractivity contribution is 0.0702. The molecule has 0 saturated heterocycles. The Bertz CT molecular complexity index is 459. The van der Waals surface area contributed by atoms with Gasteiger partial charge in [0.05, 0.1) is 0 Å². The van der Waals surface area contributed by atoms with Crippen molar-refractivity contribution in [1.82, 2.24) is 0 Å². The zero-order valence-electron chi connectivity index (χ0n) is 8.75. The van der Waals surface area contributed by atoms with E-state index in [1.165, 1.54) is 11.3 Å². The molecule has 0 amide bonds. The van der Waals surface area contributed by atoms with Crippen LogP contribution in [0.15, 0.2) is 17.3 Å². The number of aryl methyl sites for hydroxylation is 1. The maximum atomic E-state index is 10.7. The number of carboxylic acids is 1. The van der Waals surface area contributed by atoms with E-state index in [0.717, 1.165) is 10.4 Å². The van der Waals surface area contributed by atoms with Gasteiger partial charge in [0.15, 0.2) is 0 Å². The van der Waals surface area contributed by atoms with Gasteiger partial charge in [0.25, 0.3) is 0 Å². The molecular formula is C10H11N3O2S. The van der Waals surface area contributed by atoms with E-state index >= 15 is 0 Å². The summed E-state index contributed by atoms with van der Waals surface area (Å²) in [4.78, 5) is 14.6. The zero-order chi connectivity index (χ0) is 12.0. The second kappa shape index (κ2) is 5.95. The van der Waals surface area contributed by atoms with Crippen LogP contribution < -0.4 is 0 Å².